The van der Waals surface area contributed by atoms with Gasteiger partial charge in [-0.15, -0.1) is 0 Å². The predicted octanol–water partition coefficient (Wildman–Crippen LogP) is 0.730. The zero-order valence-corrected chi connectivity index (χ0v) is 12.7. The van der Waals surface area contributed by atoms with Gasteiger partial charge in [0.15, 0.2) is 0 Å². The molecule has 1 aromatic heterocycles. The molecule has 110 valence electrons. The van der Waals surface area contributed by atoms with Crippen molar-refractivity contribution in [2.24, 2.45) is 5.73 Å². The molecule has 0 amide bonds. The van der Waals surface area contributed by atoms with Crippen LogP contribution < -0.4 is 10.5 Å². The maximum Gasteiger partial charge on any atom is 0.216 e. The van der Waals surface area contributed by atoms with Crippen molar-refractivity contribution in [3.8, 4) is 0 Å². The fourth-order valence-electron chi connectivity index (χ4n) is 1.70. The highest BCUT2D eigenvalue weighted by Crippen LogP contribution is 2.09. The molecule has 21 heavy (non-hydrogen) atoms. The Morgan fingerprint density at radius 2 is 2.10 bits per heavy atom. The van der Waals surface area contributed by atoms with Gasteiger partial charge >= 0.3 is 0 Å². The molecule has 0 aliphatic heterocycles. The molecule has 8 heteroatoms. The molecule has 0 aliphatic carbocycles. The van der Waals surface area contributed by atoms with Gasteiger partial charge in [0.05, 0.1) is 18.0 Å². The molecule has 1 heterocycles. The second kappa shape index (κ2) is 6.70. The van der Waals surface area contributed by atoms with E-state index in [1.54, 1.807) is 36.4 Å². The van der Waals surface area contributed by atoms with E-state index < -0.39 is 10.0 Å². The fourth-order valence-corrected chi connectivity index (χ4v) is 2.91. The molecular weight excluding hydrogens is 308 g/mol. The summed E-state index contributed by atoms with van der Waals surface area (Å²) < 4.78 is 26.5. The largest absolute Gasteiger partial charge is 0.389 e. The van der Waals surface area contributed by atoms with Crippen molar-refractivity contribution in [3.05, 3.63) is 59.4 Å². The van der Waals surface area contributed by atoms with Crippen LogP contribution in [-0.2, 0) is 22.3 Å². The normalized spacial score (nSPS) is 11.2. The molecule has 0 spiro atoms. The Balaban J connectivity index is 2.04. The topological polar surface area (TPSA) is 98.0 Å². The van der Waals surface area contributed by atoms with Gasteiger partial charge in [0.2, 0.25) is 10.0 Å². The van der Waals surface area contributed by atoms with Crippen molar-refractivity contribution in [2.75, 3.05) is 0 Å². The number of hydrogen-bond donors (Lipinski definition) is 2. The van der Waals surface area contributed by atoms with Gasteiger partial charge in [-0.2, -0.15) is 10.2 Å². The number of nitrogens with zero attached hydrogens (tertiary/aromatic N) is 2. The Kier molecular flexibility index (Phi) is 4.94. The Morgan fingerprint density at radius 1 is 1.29 bits per heavy atom. The smallest absolute Gasteiger partial charge is 0.216 e. The maximum atomic E-state index is 12.0. The van der Waals surface area contributed by atoms with E-state index in [0.717, 1.165) is 0 Å². The van der Waals surface area contributed by atoms with E-state index in [-0.39, 0.29) is 17.3 Å². The average molecular weight is 322 g/mol. The minimum Gasteiger partial charge on any atom is -0.389 e. The molecule has 0 unspecified atom stereocenters. The highest BCUT2D eigenvalue weighted by molar-refractivity contribution is 7.88. The summed E-state index contributed by atoms with van der Waals surface area (Å²) in [7, 11) is -3.48. The molecule has 0 atom stereocenters. The van der Waals surface area contributed by atoms with Gasteiger partial charge in [0.1, 0.15) is 4.99 Å². The number of sulfonamides is 1. The molecule has 0 saturated carbocycles. The van der Waals surface area contributed by atoms with Gasteiger partial charge in [-0.3, -0.25) is 0 Å². The quantitative estimate of drug-likeness (QED) is 0.761. The summed E-state index contributed by atoms with van der Waals surface area (Å²) in [6.07, 6.45) is 1.53. The molecule has 0 saturated heterocycles. The van der Waals surface area contributed by atoms with Gasteiger partial charge in [-0.05, 0) is 23.8 Å². The third-order valence-corrected chi connectivity index (χ3v) is 4.20. The molecule has 0 radical (unpaired) electrons. The van der Waals surface area contributed by atoms with Gasteiger partial charge in [-0.1, -0.05) is 30.4 Å². The summed E-state index contributed by atoms with van der Waals surface area (Å²) >= 11 is 4.88. The Bertz CT molecular complexity index is 733. The summed E-state index contributed by atoms with van der Waals surface area (Å²) in [6.45, 7) is 0.102. The van der Waals surface area contributed by atoms with E-state index in [0.29, 0.717) is 16.8 Å². The number of nitrogens with two attached hydrogens (primary N) is 1. The van der Waals surface area contributed by atoms with E-state index in [1.165, 1.54) is 6.20 Å². The van der Waals surface area contributed by atoms with Crippen LogP contribution in [0.2, 0.25) is 0 Å². The van der Waals surface area contributed by atoms with E-state index in [2.05, 4.69) is 14.9 Å². The lowest BCUT2D eigenvalue weighted by molar-refractivity contribution is 0.579. The zero-order chi connectivity index (χ0) is 15.3. The van der Waals surface area contributed by atoms with Crippen molar-refractivity contribution in [1.82, 2.24) is 14.9 Å². The van der Waals surface area contributed by atoms with Crippen LogP contribution in [0.4, 0.5) is 0 Å². The van der Waals surface area contributed by atoms with Gasteiger partial charge in [0.25, 0.3) is 0 Å². The van der Waals surface area contributed by atoms with Crippen molar-refractivity contribution >= 4 is 27.2 Å². The molecule has 3 N–H and O–H groups in total. The van der Waals surface area contributed by atoms with Crippen LogP contribution in [0.25, 0.3) is 0 Å². The number of thiocarbonyl (C=S) groups is 1. The summed E-state index contributed by atoms with van der Waals surface area (Å²) in [4.78, 5) is 0.238. The molecule has 2 rings (SSSR count). The second-order valence-corrected chi connectivity index (χ2v) is 6.61. The molecule has 0 bridgehead atoms. The standard InChI is InChI=1S/C13H14N4O2S2/c14-13(20)11-4-1-3-10(7-11)9-21(18,19)16-8-12-5-2-6-15-17-12/h1-7,16H,8-9H2,(H2,14,20). The first-order valence-electron chi connectivity index (χ1n) is 6.09. The van der Waals surface area contributed by atoms with Gasteiger partial charge in [-0.25, -0.2) is 13.1 Å². The molecular formula is C13H14N4O2S2. The van der Waals surface area contributed by atoms with Crippen LogP contribution in [-0.4, -0.2) is 23.6 Å². The number of benzene rings is 1. The van der Waals surface area contributed by atoms with Crippen LogP contribution in [0.5, 0.6) is 0 Å². The van der Waals surface area contributed by atoms with Crippen LogP contribution in [0.3, 0.4) is 0 Å². The van der Waals surface area contributed by atoms with Gasteiger partial charge in [0, 0.05) is 11.8 Å². The zero-order valence-electron chi connectivity index (χ0n) is 11.1. The van der Waals surface area contributed by atoms with E-state index in [1.807, 2.05) is 0 Å². The lowest BCUT2D eigenvalue weighted by Crippen LogP contribution is -2.25. The maximum absolute atomic E-state index is 12.0. The van der Waals surface area contributed by atoms with Crippen molar-refractivity contribution < 1.29 is 8.42 Å². The highest BCUT2D eigenvalue weighted by atomic mass is 32.2. The SMILES string of the molecule is NC(=S)c1cccc(CS(=O)(=O)NCc2cccnn2)c1. The van der Waals surface area contributed by atoms with E-state index >= 15 is 0 Å². The third kappa shape index (κ3) is 4.85. The van der Waals surface area contributed by atoms with E-state index in [4.69, 9.17) is 18.0 Å². The lowest BCUT2D eigenvalue weighted by atomic mass is 10.1. The van der Waals surface area contributed by atoms with Crippen molar-refractivity contribution in [2.45, 2.75) is 12.3 Å². The Hall–Kier alpha value is -1.90. The fraction of sp³-hybridized carbons (Fsp3) is 0.154. The predicted molar refractivity (Wildman–Crippen MR) is 83.8 cm³/mol. The number of nitrogens with one attached hydrogen (secondary N) is 1. The van der Waals surface area contributed by atoms with Gasteiger partial charge < -0.3 is 5.73 Å². The third-order valence-electron chi connectivity index (χ3n) is 2.67. The summed E-state index contributed by atoms with van der Waals surface area (Å²) in [5.41, 5.74) is 7.35. The van der Waals surface area contributed by atoms with Crippen LogP contribution in [0, 0.1) is 0 Å². The first kappa shape index (κ1) is 15.5. The minimum atomic E-state index is -3.48. The number of rotatable bonds is 6. The van der Waals surface area contributed by atoms with Crippen LogP contribution in [0.15, 0.2) is 42.6 Å². The molecule has 0 aliphatic rings. The van der Waals surface area contributed by atoms with Crippen molar-refractivity contribution in [1.29, 1.82) is 0 Å². The van der Waals surface area contributed by atoms with Crippen LogP contribution >= 0.6 is 12.2 Å². The first-order valence-corrected chi connectivity index (χ1v) is 8.15. The Labute approximate surface area is 128 Å². The molecule has 1 aromatic carbocycles. The Morgan fingerprint density at radius 3 is 2.76 bits per heavy atom. The molecule has 0 fully saturated rings. The highest BCUT2D eigenvalue weighted by Gasteiger charge is 2.12. The number of hydrogen-bond acceptors (Lipinski definition) is 5. The molecule has 6 nitrogen and oxygen atoms in total. The van der Waals surface area contributed by atoms with E-state index in [9.17, 15) is 8.42 Å². The lowest BCUT2D eigenvalue weighted by Gasteiger charge is -2.07. The second-order valence-electron chi connectivity index (χ2n) is 4.36. The summed E-state index contributed by atoms with van der Waals surface area (Å²) in [6, 6.07) is 10.2. The average Bonchev–Trinajstić information content (AvgIpc) is 2.46. The van der Waals surface area contributed by atoms with Crippen molar-refractivity contribution in [3.63, 3.8) is 0 Å². The minimum absolute atomic E-state index is 0.102. The number of aromatic nitrogens is 2. The summed E-state index contributed by atoms with van der Waals surface area (Å²) in [5, 5.41) is 7.50. The first-order chi connectivity index (χ1) is 9.96. The summed E-state index contributed by atoms with van der Waals surface area (Å²) in [5.74, 6) is -0.149. The van der Waals surface area contributed by atoms with Crippen LogP contribution in [0.1, 0.15) is 16.8 Å². The molecule has 2 aromatic rings. The monoisotopic (exact) mass is 322 g/mol.